The smallest absolute Gasteiger partial charge is 0.142 e. The van der Waals surface area contributed by atoms with Gasteiger partial charge in [0, 0.05) is 15.9 Å². The molecule has 2 rings (SSSR count). The lowest BCUT2D eigenvalue weighted by molar-refractivity contribution is 0.243. The minimum Gasteiger partial charge on any atom is -0.489 e. The van der Waals surface area contributed by atoms with Gasteiger partial charge in [-0.05, 0) is 48.0 Å². The molecule has 19 heavy (non-hydrogen) atoms. The van der Waals surface area contributed by atoms with Crippen molar-refractivity contribution in [3.8, 4) is 5.75 Å². The number of hydrogen-bond acceptors (Lipinski definition) is 3. The molecular formula is C14H15BrClNOS. The van der Waals surface area contributed by atoms with Crippen LogP contribution in [0.15, 0.2) is 34.8 Å². The zero-order valence-corrected chi connectivity index (χ0v) is 13.9. The maximum Gasteiger partial charge on any atom is 0.142 e. The Kier molecular flexibility index (Phi) is 5.13. The van der Waals surface area contributed by atoms with Gasteiger partial charge in [0.15, 0.2) is 0 Å². The van der Waals surface area contributed by atoms with Crippen LogP contribution in [0.5, 0.6) is 5.75 Å². The number of benzene rings is 1. The van der Waals surface area contributed by atoms with Gasteiger partial charge in [0.2, 0.25) is 0 Å². The largest absolute Gasteiger partial charge is 0.489 e. The van der Waals surface area contributed by atoms with Gasteiger partial charge < -0.3 is 10.1 Å². The SMILES string of the molecule is CC(C)Oc1ccccc1NCc1cc(Br)c(Cl)s1. The van der Waals surface area contributed by atoms with Crippen LogP contribution in [0.3, 0.4) is 0 Å². The highest BCUT2D eigenvalue weighted by Crippen LogP contribution is 2.33. The van der Waals surface area contributed by atoms with Crippen LogP contribution in [0.1, 0.15) is 18.7 Å². The number of halogens is 2. The number of para-hydroxylation sites is 2. The molecule has 0 spiro atoms. The minimum absolute atomic E-state index is 0.160. The van der Waals surface area contributed by atoms with Crippen LogP contribution in [0, 0.1) is 0 Å². The van der Waals surface area contributed by atoms with E-state index in [1.165, 1.54) is 4.88 Å². The van der Waals surface area contributed by atoms with E-state index < -0.39 is 0 Å². The van der Waals surface area contributed by atoms with Gasteiger partial charge in [0.25, 0.3) is 0 Å². The maximum absolute atomic E-state index is 6.03. The summed E-state index contributed by atoms with van der Waals surface area (Å²) in [6.45, 7) is 4.77. The van der Waals surface area contributed by atoms with E-state index in [9.17, 15) is 0 Å². The zero-order valence-electron chi connectivity index (χ0n) is 10.7. The summed E-state index contributed by atoms with van der Waals surface area (Å²) in [6.07, 6.45) is 0.160. The van der Waals surface area contributed by atoms with Gasteiger partial charge >= 0.3 is 0 Å². The van der Waals surface area contributed by atoms with Crippen LogP contribution in [0.4, 0.5) is 5.69 Å². The van der Waals surface area contributed by atoms with E-state index in [4.69, 9.17) is 16.3 Å². The molecule has 2 aromatic rings. The molecule has 0 unspecified atom stereocenters. The van der Waals surface area contributed by atoms with Gasteiger partial charge in [-0.25, -0.2) is 0 Å². The normalized spacial score (nSPS) is 10.8. The lowest BCUT2D eigenvalue weighted by Gasteiger charge is -2.15. The molecule has 5 heteroatoms. The second-order valence-electron chi connectivity index (χ2n) is 4.35. The molecule has 0 saturated heterocycles. The predicted molar refractivity (Wildman–Crippen MR) is 86.6 cm³/mol. The van der Waals surface area contributed by atoms with E-state index in [0.717, 1.165) is 26.8 Å². The van der Waals surface area contributed by atoms with E-state index >= 15 is 0 Å². The highest BCUT2D eigenvalue weighted by atomic mass is 79.9. The highest BCUT2D eigenvalue weighted by molar-refractivity contribution is 9.10. The van der Waals surface area contributed by atoms with E-state index in [1.54, 1.807) is 11.3 Å². The summed E-state index contributed by atoms with van der Waals surface area (Å²) < 4.78 is 7.50. The van der Waals surface area contributed by atoms with Crippen LogP contribution in [-0.4, -0.2) is 6.10 Å². The number of hydrogen-bond donors (Lipinski definition) is 1. The molecule has 0 atom stereocenters. The molecule has 0 saturated carbocycles. The van der Waals surface area contributed by atoms with Crippen molar-refractivity contribution < 1.29 is 4.74 Å². The van der Waals surface area contributed by atoms with E-state index in [-0.39, 0.29) is 6.10 Å². The van der Waals surface area contributed by atoms with Crippen molar-refractivity contribution in [2.45, 2.75) is 26.5 Å². The summed E-state index contributed by atoms with van der Waals surface area (Å²) in [5.74, 6) is 0.874. The monoisotopic (exact) mass is 359 g/mol. The summed E-state index contributed by atoms with van der Waals surface area (Å²) in [6, 6.07) is 9.99. The second-order valence-corrected chi connectivity index (χ2v) is 6.94. The molecular weight excluding hydrogens is 346 g/mol. The lowest BCUT2D eigenvalue weighted by Crippen LogP contribution is -2.08. The first-order chi connectivity index (χ1) is 9.06. The Morgan fingerprint density at radius 3 is 2.74 bits per heavy atom. The van der Waals surface area contributed by atoms with Crippen molar-refractivity contribution in [1.29, 1.82) is 0 Å². The molecule has 0 amide bonds. The number of rotatable bonds is 5. The Morgan fingerprint density at radius 1 is 1.37 bits per heavy atom. The third kappa shape index (κ3) is 4.13. The number of ether oxygens (including phenoxy) is 1. The molecule has 0 radical (unpaired) electrons. The lowest BCUT2D eigenvalue weighted by atomic mass is 10.3. The Bertz CT molecular complexity index is 537. The van der Waals surface area contributed by atoms with Crippen molar-refractivity contribution in [3.63, 3.8) is 0 Å². The van der Waals surface area contributed by atoms with Crippen LogP contribution in [-0.2, 0) is 6.54 Å². The molecule has 0 aliphatic carbocycles. The van der Waals surface area contributed by atoms with Crippen LogP contribution < -0.4 is 10.1 Å². The molecule has 0 aliphatic rings. The summed E-state index contributed by atoms with van der Waals surface area (Å²) in [4.78, 5) is 1.18. The van der Waals surface area contributed by atoms with Crippen LogP contribution >= 0.6 is 38.9 Å². The first-order valence-electron chi connectivity index (χ1n) is 5.99. The highest BCUT2D eigenvalue weighted by Gasteiger charge is 2.07. The van der Waals surface area contributed by atoms with Gasteiger partial charge in [0.05, 0.1) is 11.8 Å². The molecule has 102 valence electrons. The van der Waals surface area contributed by atoms with Crippen molar-refractivity contribution >= 4 is 44.6 Å². The second kappa shape index (κ2) is 6.64. The summed E-state index contributed by atoms with van der Waals surface area (Å²) in [7, 11) is 0. The van der Waals surface area contributed by atoms with E-state index in [2.05, 4.69) is 21.2 Å². The predicted octanol–water partition coefficient (Wildman–Crippen LogP) is 5.56. The Hall–Kier alpha value is -0.710. The molecule has 0 fully saturated rings. The molecule has 1 aromatic heterocycles. The molecule has 1 heterocycles. The van der Waals surface area contributed by atoms with Crippen molar-refractivity contribution in [2.75, 3.05) is 5.32 Å². The summed E-state index contributed by atoms with van der Waals surface area (Å²) in [5, 5.41) is 3.38. The summed E-state index contributed by atoms with van der Waals surface area (Å²) >= 11 is 11.0. The Labute approximate surface area is 130 Å². The van der Waals surface area contributed by atoms with Gasteiger partial charge in [-0.1, -0.05) is 23.7 Å². The number of thiophene rings is 1. The maximum atomic E-state index is 6.03. The average molecular weight is 361 g/mol. The Balaban J connectivity index is 2.06. The minimum atomic E-state index is 0.160. The first kappa shape index (κ1) is 14.7. The standard InChI is InChI=1S/C14H15BrClNOS/c1-9(2)18-13-6-4-3-5-12(13)17-8-10-7-11(15)14(16)19-10/h3-7,9,17H,8H2,1-2H3. The molecule has 1 aromatic carbocycles. The van der Waals surface area contributed by atoms with Crippen LogP contribution in [0.2, 0.25) is 4.34 Å². The van der Waals surface area contributed by atoms with Gasteiger partial charge in [-0.3, -0.25) is 0 Å². The van der Waals surface area contributed by atoms with Gasteiger partial charge in [-0.15, -0.1) is 11.3 Å². The van der Waals surface area contributed by atoms with Crippen molar-refractivity contribution in [3.05, 3.63) is 44.0 Å². The molecule has 2 nitrogen and oxygen atoms in total. The number of anilines is 1. The first-order valence-corrected chi connectivity index (χ1v) is 7.98. The van der Waals surface area contributed by atoms with Crippen molar-refractivity contribution in [2.24, 2.45) is 0 Å². The summed E-state index contributed by atoms with van der Waals surface area (Å²) in [5.41, 5.74) is 0.997. The van der Waals surface area contributed by atoms with Gasteiger partial charge in [-0.2, -0.15) is 0 Å². The fourth-order valence-electron chi connectivity index (χ4n) is 1.63. The third-order valence-corrected chi connectivity index (χ3v) is 4.87. The fourth-order valence-corrected chi connectivity index (χ4v) is 3.36. The fraction of sp³-hybridized carbons (Fsp3) is 0.286. The van der Waals surface area contributed by atoms with E-state index in [0.29, 0.717) is 0 Å². The zero-order chi connectivity index (χ0) is 13.8. The molecule has 0 aliphatic heterocycles. The third-order valence-electron chi connectivity index (χ3n) is 2.40. The molecule has 1 N–H and O–H groups in total. The van der Waals surface area contributed by atoms with Crippen molar-refractivity contribution in [1.82, 2.24) is 0 Å². The van der Waals surface area contributed by atoms with Crippen LogP contribution in [0.25, 0.3) is 0 Å². The quantitative estimate of drug-likeness (QED) is 0.753. The van der Waals surface area contributed by atoms with E-state index in [1.807, 2.05) is 44.2 Å². The average Bonchev–Trinajstić information content (AvgIpc) is 2.67. The molecule has 0 bridgehead atoms. The topological polar surface area (TPSA) is 21.3 Å². The Morgan fingerprint density at radius 2 is 2.11 bits per heavy atom. The number of nitrogens with one attached hydrogen (secondary N) is 1. The van der Waals surface area contributed by atoms with Gasteiger partial charge in [0.1, 0.15) is 10.1 Å².